The Kier molecular flexibility index (Phi) is 6.77. The maximum absolute atomic E-state index is 13.2. The maximum atomic E-state index is 13.2. The molecule has 0 fully saturated rings. The largest absolute Gasteiger partial charge is 0.461 e. The molecule has 0 saturated carbocycles. The first-order valence-electron chi connectivity index (χ1n) is 6.28. The third-order valence-electron chi connectivity index (χ3n) is 3.18. The number of ether oxygens (including phenoxy) is 1. The minimum Gasteiger partial charge on any atom is -0.461 e. The lowest BCUT2D eigenvalue weighted by atomic mass is 10.2. The van der Waals surface area contributed by atoms with Crippen molar-refractivity contribution in [1.29, 1.82) is 0 Å². The van der Waals surface area contributed by atoms with Gasteiger partial charge in [-0.25, -0.2) is 4.79 Å². The Labute approximate surface area is 110 Å². The average Bonchev–Trinajstić information content (AvgIpc) is 2.22. The second kappa shape index (κ2) is 7.04. The molecule has 0 N–H and O–H groups in total. The van der Waals surface area contributed by atoms with E-state index < -0.39 is 20.1 Å². The lowest BCUT2D eigenvalue weighted by Crippen LogP contribution is -2.40. The zero-order valence-corrected chi connectivity index (χ0v) is 13.3. The van der Waals surface area contributed by atoms with Gasteiger partial charge in [0.2, 0.25) is 5.83 Å². The molecule has 0 radical (unpaired) electrons. The van der Waals surface area contributed by atoms with Crippen LogP contribution < -0.4 is 0 Å². The van der Waals surface area contributed by atoms with E-state index in [-0.39, 0.29) is 11.6 Å². The molecule has 18 heavy (non-hydrogen) atoms. The van der Waals surface area contributed by atoms with Crippen molar-refractivity contribution < 1.29 is 18.3 Å². The van der Waals surface area contributed by atoms with Crippen LogP contribution in [0, 0.1) is 0 Å². The van der Waals surface area contributed by atoms with Gasteiger partial charge in [-0.15, -0.1) is 0 Å². The Hall–Kier alpha value is -0.683. The summed E-state index contributed by atoms with van der Waals surface area (Å²) in [5.41, 5.74) is 0. The monoisotopic (exact) mass is 276 g/mol. The van der Waals surface area contributed by atoms with Gasteiger partial charge in [0.1, 0.15) is 0 Å². The predicted octanol–water partition coefficient (Wildman–Crippen LogP) is 3.81. The van der Waals surface area contributed by atoms with E-state index in [2.05, 4.69) is 38.6 Å². The van der Waals surface area contributed by atoms with Gasteiger partial charge in [-0.3, -0.25) is 0 Å². The molecule has 0 bridgehead atoms. The number of hydrogen-bond acceptors (Lipinski definition) is 3. The molecule has 0 aromatic carbocycles. The van der Waals surface area contributed by atoms with E-state index in [9.17, 15) is 9.18 Å². The summed E-state index contributed by atoms with van der Waals surface area (Å²) >= 11 is 0. The van der Waals surface area contributed by atoms with Gasteiger partial charge in [0.05, 0.1) is 6.61 Å². The van der Waals surface area contributed by atoms with Crippen LogP contribution in [0.1, 0.15) is 34.1 Å². The fourth-order valence-corrected chi connectivity index (χ4v) is 2.06. The number of carbonyl (C=O) groups is 1. The van der Waals surface area contributed by atoms with E-state index >= 15 is 0 Å². The van der Waals surface area contributed by atoms with E-state index in [0.717, 1.165) is 0 Å². The SMILES string of the molecule is CCOC(=O)/C(F)=C/CCO[Si](C)(C)C(C)(C)C. The standard InChI is InChI=1S/C13H25FO3Si/c1-7-16-12(15)11(14)9-8-10-17-18(5,6)13(2,3)4/h9H,7-8,10H2,1-6H3/b11-9-. The van der Waals surface area contributed by atoms with E-state index in [0.29, 0.717) is 13.0 Å². The highest BCUT2D eigenvalue weighted by Crippen LogP contribution is 2.36. The molecule has 106 valence electrons. The van der Waals surface area contributed by atoms with Crippen LogP contribution in [0.5, 0.6) is 0 Å². The molecule has 0 heterocycles. The van der Waals surface area contributed by atoms with Crippen LogP contribution in [0.2, 0.25) is 18.1 Å². The maximum Gasteiger partial charge on any atom is 0.366 e. The number of rotatable bonds is 6. The summed E-state index contributed by atoms with van der Waals surface area (Å²) in [4.78, 5) is 11.0. The Morgan fingerprint density at radius 1 is 1.33 bits per heavy atom. The van der Waals surface area contributed by atoms with Crippen molar-refractivity contribution in [2.75, 3.05) is 13.2 Å². The molecule has 0 aliphatic heterocycles. The summed E-state index contributed by atoms with van der Waals surface area (Å²) < 4.78 is 23.6. The molecular formula is C13H25FO3Si. The van der Waals surface area contributed by atoms with Crippen molar-refractivity contribution in [2.45, 2.75) is 52.2 Å². The molecule has 0 rings (SSSR count). The highest BCUT2D eigenvalue weighted by atomic mass is 28.4. The lowest BCUT2D eigenvalue weighted by Gasteiger charge is -2.36. The minimum absolute atomic E-state index is 0.135. The summed E-state index contributed by atoms with van der Waals surface area (Å²) in [5, 5.41) is 0.135. The molecule has 5 heteroatoms. The van der Waals surface area contributed by atoms with Crippen molar-refractivity contribution in [1.82, 2.24) is 0 Å². The number of carbonyl (C=O) groups excluding carboxylic acids is 1. The fourth-order valence-electron chi connectivity index (χ4n) is 1.000. The van der Waals surface area contributed by atoms with Crippen LogP contribution >= 0.6 is 0 Å². The lowest BCUT2D eigenvalue weighted by molar-refractivity contribution is -0.140. The second-order valence-corrected chi connectivity index (χ2v) is 10.5. The van der Waals surface area contributed by atoms with Crippen LogP contribution in [-0.2, 0) is 14.0 Å². The zero-order valence-electron chi connectivity index (χ0n) is 12.3. The number of hydrogen-bond donors (Lipinski definition) is 0. The summed E-state index contributed by atoms with van der Waals surface area (Å²) in [6.45, 7) is 13.0. The van der Waals surface area contributed by atoms with E-state index in [1.165, 1.54) is 6.08 Å². The Balaban J connectivity index is 4.14. The highest BCUT2D eigenvalue weighted by molar-refractivity contribution is 6.74. The quantitative estimate of drug-likeness (QED) is 0.320. The van der Waals surface area contributed by atoms with Gasteiger partial charge in [-0.2, -0.15) is 4.39 Å². The molecule has 3 nitrogen and oxygen atoms in total. The molecule has 0 aromatic heterocycles. The van der Waals surface area contributed by atoms with Gasteiger partial charge in [-0.05, 0) is 37.6 Å². The molecule has 0 aliphatic rings. The van der Waals surface area contributed by atoms with E-state index in [1.54, 1.807) is 6.92 Å². The molecule has 0 aromatic rings. The van der Waals surface area contributed by atoms with Gasteiger partial charge in [-0.1, -0.05) is 20.8 Å². The van der Waals surface area contributed by atoms with Crippen molar-refractivity contribution in [3.05, 3.63) is 11.9 Å². The predicted molar refractivity (Wildman–Crippen MR) is 73.6 cm³/mol. The average molecular weight is 276 g/mol. The second-order valence-electron chi connectivity index (χ2n) is 5.67. The summed E-state index contributed by atoms with van der Waals surface area (Å²) in [7, 11) is -1.79. The molecule has 0 unspecified atom stereocenters. The Bertz CT molecular complexity index is 306. The van der Waals surface area contributed by atoms with Crippen LogP contribution in [0.4, 0.5) is 4.39 Å². The summed E-state index contributed by atoms with van der Waals surface area (Å²) in [5.74, 6) is -1.74. The van der Waals surface area contributed by atoms with Gasteiger partial charge >= 0.3 is 5.97 Å². The van der Waals surface area contributed by atoms with Gasteiger partial charge < -0.3 is 9.16 Å². The number of esters is 1. The van der Waals surface area contributed by atoms with Crippen molar-refractivity contribution in [2.24, 2.45) is 0 Å². The normalized spacial score (nSPS) is 13.6. The first-order chi connectivity index (χ1) is 8.12. The van der Waals surface area contributed by atoms with Gasteiger partial charge in [0, 0.05) is 6.61 Å². The third kappa shape index (κ3) is 5.77. The molecular weight excluding hydrogens is 251 g/mol. The first-order valence-corrected chi connectivity index (χ1v) is 9.19. The fraction of sp³-hybridized carbons (Fsp3) is 0.769. The summed E-state index contributed by atoms with van der Waals surface area (Å²) in [6.07, 6.45) is 1.61. The van der Waals surface area contributed by atoms with Gasteiger partial charge in [0.25, 0.3) is 0 Å². The van der Waals surface area contributed by atoms with Crippen LogP contribution in [0.15, 0.2) is 11.9 Å². The first kappa shape index (κ1) is 17.3. The molecule has 0 spiro atoms. The molecule has 0 atom stereocenters. The van der Waals surface area contributed by atoms with Crippen LogP contribution in [0.3, 0.4) is 0 Å². The molecule has 0 amide bonds. The topological polar surface area (TPSA) is 35.5 Å². The van der Waals surface area contributed by atoms with E-state index in [4.69, 9.17) is 4.43 Å². The summed E-state index contributed by atoms with van der Waals surface area (Å²) in [6, 6.07) is 0. The number of halogens is 1. The third-order valence-corrected chi connectivity index (χ3v) is 7.72. The van der Waals surface area contributed by atoms with Crippen molar-refractivity contribution in [3.8, 4) is 0 Å². The smallest absolute Gasteiger partial charge is 0.366 e. The van der Waals surface area contributed by atoms with E-state index in [1.807, 2.05) is 0 Å². The highest BCUT2D eigenvalue weighted by Gasteiger charge is 2.36. The van der Waals surface area contributed by atoms with Gasteiger partial charge in [0.15, 0.2) is 8.32 Å². The van der Waals surface area contributed by atoms with Crippen LogP contribution in [0.25, 0.3) is 0 Å². The Morgan fingerprint density at radius 3 is 2.33 bits per heavy atom. The Morgan fingerprint density at radius 2 is 1.89 bits per heavy atom. The van der Waals surface area contributed by atoms with Crippen LogP contribution in [-0.4, -0.2) is 27.5 Å². The molecule has 0 aliphatic carbocycles. The minimum atomic E-state index is -1.79. The van der Waals surface area contributed by atoms with Crippen molar-refractivity contribution in [3.63, 3.8) is 0 Å². The van der Waals surface area contributed by atoms with Crippen molar-refractivity contribution >= 4 is 14.3 Å². The molecule has 0 saturated heterocycles. The zero-order chi connectivity index (χ0) is 14.4.